The fraction of sp³-hybridized carbons (Fsp3) is 0.143. The zero-order valence-electron chi connectivity index (χ0n) is 11.4. The van der Waals surface area contributed by atoms with E-state index < -0.39 is 22.3 Å². The first-order chi connectivity index (χ1) is 10.4. The number of nitro groups is 1. The van der Waals surface area contributed by atoms with Gasteiger partial charge in [-0.1, -0.05) is 36.4 Å². The van der Waals surface area contributed by atoms with Gasteiger partial charge in [-0.25, -0.2) is 0 Å². The van der Waals surface area contributed by atoms with Crippen molar-refractivity contribution in [3.05, 3.63) is 64.2 Å². The van der Waals surface area contributed by atoms with Crippen LogP contribution in [0.4, 0.5) is 5.69 Å². The van der Waals surface area contributed by atoms with E-state index in [1.54, 1.807) is 6.07 Å². The molecule has 0 unspecified atom stereocenters. The van der Waals surface area contributed by atoms with Crippen LogP contribution in [0.2, 0.25) is 0 Å². The molecule has 0 aromatic heterocycles. The van der Waals surface area contributed by atoms with Gasteiger partial charge in [-0.3, -0.25) is 20.3 Å². The van der Waals surface area contributed by atoms with E-state index in [-0.39, 0.29) is 17.2 Å². The average Bonchev–Trinajstić information content (AvgIpc) is 2.47. The Morgan fingerprint density at radius 1 is 1.36 bits per heavy atom. The van der Waals surface area contributed by atoms with Crippen molar-refractivity contribution >= 4 is 17.6 Å². The van der Waals surface area contributed by atoms with Gasteiger partial charge in [0, 0.05) is 6.07 Å². The van der Waals surface area contributed by atoms with Crippen LogP contribution in [0.3, 0.4) is 0 Å². The molecule has 0 saturated carbocycles. The summed E-state index contributed by atoms with van der Waals surface area (Å²) < 4.78 is 0. The number of aliphatic carboxylic acids is 1. The van der Waals surface area contributed by atoms with Gasteiger partial charge < -0.3 is 16.2 Å². The van der Waals surface area contributed by atoms with Crippen LogP contribution >= 0.6 is 0 Å². The number of hydrogen-bond donors (Lipinski definition) is 4. The first-order valence-electron chi connectivity index (χ1n) is 6.33. The van der Waals surface area contributed by atoms with Crippen LogP contribution in [0.25, 0.3) is 0 Å². The van der Waals surface area contributed by atoms with Crippen molar-refractivity contribution in [2.24, 2.45) is 11.7 Å². The topological polar surface area (TPSA) is 142 Å². The largest absolute Gasteiger partial charge is 0.481 e. The fourth-order valence-corrected chi connectivity index (χ4v) is 2.33. The molecule has 0 fully saturated rings. The Morgan fingerprint density at radius 3 is 2.45 bits per heavy atom. The molecule has 5 N–H and O–H groups in total. The molecule has 0 saturated heterocycles. The van der Waals surface area contributed by atoms with E-state index in [1.165, 1.54) is 42.5 Å². The summed E-state index contributed by atoms with van der Waals surface area (Å²) in [5.41, 5.74) is 4.27. The summed E-state index contributed by atoms with van der Waals surface area (Å²) in [5.74, 6) is -2.25. The third kappa shape index (κ3) is 2.80. The molecule has 114 valence electrons. The van der Waals surface area contributed by atoms with Crippen molar-refractivity contribution in [1.82, 2.24) is 5.32 Å². The highest BCUT2D eigenvalue weighted by Gasteiger charge is 2.36. The van der Waals surface area contributed by atoms with Crippen LogP contribution in [0.5, 0.6) is 0 Å². The number of guanidine groups is 1. The molecule has 0 atom stereocenters. The predicted octanol–water partition coefficient (Wildman–Crippen LogP) is 1.10. The van der Waals surface area contributed by atoms with Crippen molar-refractivity contribution in [2.45, 2.75) is 5.54 Å². The van der Waals surface area contributed by atoms with E-state index in [0.717, 1.165) is 0 Å². The lowest BCUT2D eigenvalue weighted by atomic mass is 9.82. The van der Waals surface area contributed by atoms with Crippen molar-refractivity contribution in [3.8, 4) is 0 Å². The first-order valence-corrected chi connectivity index (χ1v) is 6.33. The Morgan fingerprint density at radius 2 is 1.95 bits per heavy atom. The molecule has 0 radical (unpaired) electrons. The average molecular weight is 302 g/mol. The number of carboxylic acids is 1. The van der Waals surface area contributed by atoms with Crippen molar-refractivity contribution < 1.29 is 14.8 Å². The number of nitro benzene ring substituents is 1. The number of benzene rings is 1. The second-order valence-electron chi connectivity index (χ2n) is 4.76. The van der Waals surface area contributed by atoms with Gasteiger partial charge in [0.05, 0.1) is 16.4 Å². The van der Waals surface area contributed by atoms with Crippen LogP contribution < -0.4 is 11.1 Å². The molecule has 8 nitrogen and oxygen atoms in total. The van der Waals surface area contributed by atoms with Crippen molar-refractivity contribution in [3.63, 3.8) is 0 Å². The summed E-state index contributed by atoms with van der Waals surface area (Å²) in [6.07, 6.45) is 5.73. The maximum atomic E-state index is 11.2. The zero-order chi connectivity index (χ0) is 16.3. The number of carbonyl (C=O) groups is 1. The van der Waals surface area contributed by atoms with Crippen LogP contribution in [0.15, 0.2) is 48.6 Å². The van der Waals surface area contributed by atoms with Gasteiger partial charge in [-0.2, -0.15) is 0 Å². The SMILES string of the molecule is N=C(N)NC1(c2ccccc2[N+](=O)[O-])C=CC(C(=O)O)C=C1. The summed E-state index contributed by atoms with van der Waals surface area (Å²) in [6.45, 7) is 0. The smallest absolute Gasteiger partial charge is 0.314 e. The van der Waals surface area contributed by atoms with Crippen LogP contribution in [0.1, 0.15) is 5.56 Å². The van der Waals surface area contributed by atoms with Gasteiger partial charge in [-0.15, -0.1) is 0 Å². The molecule has 0 bridgehead atoms. The van der Waals surface area contributed by atoms with Gasteiger partial charge in [0.25, 0.3) is 5.69 Å². The van der Waals surface area contributed by atoms with Crippen molar-refractivity contribution in [2.75, 3.05) is 0 Å². The van der Waals surface area contributed by atoms with Gasteiger partial charge in [-0.05, 0) is 6.07 Å². The molecule has 0 spiro atoms. The van der Waals surface area contributed by atoms with Gasteiger partial charge in [0.15, 0.2) is 5.96 Å². The molecule has 0 aliphatic heterocycles. The number of carboxylic acid groups (broad SMARTS) is 1. The zero-order valence-corrected chi connectivity index (χ0v) is 11.4. The molecule has 22 heavy (non-hydrogen) atoms. The van der Waals surface area contributed by atoms with Crippen molar-refractivity contribution in [1.29, 1.82) is 5.41 Å². The summed E-state index contributed by atoms with van der Waals surface area (Å²) in [6, 6.07) is 6.02. The molecule has 8 heteroatoms. The molecular weight excluding hydrogens is 288 g/mol. The molecule has 1 aromatic carbocycles. The van der Waals surface area contributed by atoms with E-state index in [0.29, 0.717) is 0 Å². The maximum Gasteiger partial charge on any atom is 0.314 e. The highest BCUT2D eigenvalue weighted by molar-refractivity contribution is 5.79. The lowest BCUT2D eigenvalue weighted by Gasteiger charge is -2.31. The van der Waals surface area contributed by atoms with Crippen LogP contribution in [-0.4, -0.2) is 22.0 Å². The first kappa shape index (κ1) is 15.2. The third-order valence-corrected chi connectivity index (χ3v) is 3.31. The minimum Gasteiger partial charge on any atom is -0.481 e. The Kier molecular flexibility index (Phi) is 3.93. The highest BCUT2D eigenvalue weighted by atomic mass is 16.6. The second kappa shape index (κ2) is 5.68. The van der Waals surface area contributed by atoms with E-state index in [4.69, 9.17) is 16.2 Å². The normalized spacial score (nSPS) is 23.0. The number of para-hydroxylation sites is 1. The number of rotatable bonds is 4. The Labute approximate surface area is 125 Å². The van der Waals surface area contributed by atoms with Crippen LogP contribution in [0, 0.1) is 21.4 Å². The Bertz CT molecular complexity index is 682. The summed E-state index contributed by atoms with van der Waals surface area (Å²) in [5, 5.41) is 30.3. The summed E-state index contributed by atoms with van der Waals surface area (Å²) in [7, 11) is 0. The standard InChI is InChI=1S/C14H14N4O4/c15-13(16)17-14(7-5-9(6-8-14)12(19)20)10-3-1-2-4-11(10)18(21)22/h1-9H,(H,19,20)(H4,15,16,17). The third-order valence-electron chi connectivity index (χ3n) is 3.31. The molecule has 1 aliphatic rings. The highest BCUT2D eigenvalue weighted by Crippen LogP contribution is 2.35. The summed E-state index contributed by atoms with van der Waals surface area (Å²) in [4.78, 5) is 21.7. The molecular formula is C14H14N4O4. The lowest BCUT2D eigenvalue weighted by molar-refractivity contribution is -0.385. The Hall–Kier alpha value is -3.16. The quantitative estimate of drug-likeness (QED) is 0.216. The molecule has 0 amide bonds. The van der Waals surface area contributed by atoms with E-state index >= 15 is 0 Å². The molecule has 1 aliphatic carbocycles. The van der Waals surface area contributed by atoms with E-state index in [2.05, 4.69) is 5.32 Å². The van der Waals surface area contributed by atoms with Gasteiger partial charge in [0.1, 0.15) is 5.54 Å². The minimum atomic E-state index is -1.23. The molecule has 2 rings (SSSR count). The molecule has 1 aromatic rings. The van der Waals surface area contributed by atoms with E-state index in [9.17, 15) is 14.9 Å². The van der Waals surface area contributed by atoms with Gasteiger partial charge >= 0.3 is 5.97 Å². The van der Waals surface area contributed by atoms with Crippen LogP contribution in [-0.2, 0) is 10.3 Å². The molecule has 0 heterocycles. The summed E-state index contributed by atoms with van der Waals surface area (Å²) >= 11 is 0. The predicted molar refractivity (Wildman–Crippen MR) is 79.2 cm³/mol. The number of nitrogens with two attached hydrogens (primary N) is 1. The minimum absolute atomic E-state index is 0.153. The number of nitrogens with one attached hydrogen (secondary N) is 2. The van der Waals surface area contributed by atoms with E-state index in [1.807, 2.05) is 0 Å². The number of hydrogen-bond acceptors (Lipinski definition) is 4. The lowest BCUT2D eigenvalue weighted by Crippen LogP contribution is -2.47. The Balaban J connectivity index is 2.56. The second-order valence-corrected chi connectivity index (χ2v) is 4.76. The fourth-order valence-electron chi connectivity index (χ4n) is 2.33. The maximum absolute atomic E-state index is 11.2. The number of nitrogens with zero attached hydrogens (tertiary/aromatic N) is 1. The van der Waals surface area contributed by atoms with Gasteiger partial charge in [0.2, 0.25) is 0 Å². The monoisotopic (exact) mass is 302 g/mol.